The van der Waals surface area contributed by atoms with E-state index < -0.39 is 0 Å². The molecule has 1 amide bonds. The molecule has 3 N–H and O–H groups in total. The van der Waals surface area contributed by atoms with Crippen molar-refractivity contribution in [3.8, 4) is 0 Å². The van der Waals surface area contributed by atoms with Gasteiger partial charge in [0.1, 0.15) is 0 Å². The highest BCUT2D eigenvalue weighted by Crippen LogP contribution is 2.31. The van der Waals surface area contributed by atoms with E-state index in [0.29, 0.717) is 12.2 Å². The maximum Gasteiger partial charge on any atom is 0.252 e. The summed E-state index contributed by atoms with van der Waals surface area (Å²) in [5.41, 5.74) is 10.7. The number of aryl methyl sites for hydroxylation is 1. The van der Waals surface area contributed by atoms with Crippen LogP contribution >= 0.6 is 0 Å². The number of rotatable bonds is 4. The summed E-state index contributed by atoms with van der Waals surface area (Å²) in [5.74, 6) is -0.0488. The molecule has 0 aromatic heterocycles. The summed E-state index contributed by atoms with van der Waals surface area (Å²) in [6.45, 7) is 0.432. The lowest BCUT2D eigenvalue weighted by Crippen LogP contribution is -2.31. The third-order valence-electron chi connectivity index (χ3n) is 4.35. The number of ether oxygens (including phenoxy) is 1. The predicted molar refractivity (Wildman–Crippen MR) is 91.2 cm³/mol. The van der Waals surface area contributed by atoms with Crippen LogP contribution in [-0.4, -0.2) is 13.0 Å². The molecule has 1 aliphatic rings. The molecule has 4 nitrogen and oxygen atoms in total. The lowest BCUT2D eigenvalue weighted by atomic mass is 9.87. The van der Waals surface area contributed by atoms with Crippen molar-refractivity contribution in [1.82, 2.24) is 5.32 Å². The zero-order valence-electron chi connectivity index (χ0n) is 13.3. The quantitative estimate of drug-likeness (QED) is 0.852. The standard InChI is InChI=1S/C19H22N2O2/c1-23-12-14-5-2-3-7-17(14)19(22)21-18-8-4-6-13-11-15(20)9-10-16(13)18/h2-3,5,7,9-11,18H,4,6,8,12,20H2,1H3,(H,21,22). The largest absolute Gasteiger partial charge is 0.399 e. The molecule has 0 spiro atoms. The second-order valence-corrected chi connectivity index (χ2v) is 5.97. The average Bonchev–Trinajstić information content (AvgIpc) is 2.55. The summed E-state index contributed by atoms with van der Waals surface area (Å²) in [5, 5.41) is 3.17. The third-order valence-corrected chi connectivity index (χ3v) is 4.35. The molecule has 0 fully saturated rings. The number of nitrogens with two attached hydrogens (primary N) is 1. The zero-order chi connectivity index (χ0) is 16.2. The minimum Gasteiger partial charge on any atom is -0.399 e. The number of nitrogens with one attached hydrogen (secondary N) is 1. The maximum atomic E-state index is 12.7. The van der Waals surface area contributed by atoms with Crippen LogP contribution in [0, 0.1) is 0 Å². The van der Waals surface area contributed by atoms with Gasteiger partial charge in [0.25, 0.3) is 5.91 Å². The normalized spacial score (nSPS) is 16.7. The summed E-state index contributed by atoms with van der Waals surface area (Å²) in [4.78, 5) is 12.7. The van der Waals surface area contributed by atoms with Crippen LogP contribution in [0.2, 0.25) is 0 Å². The van der Waals surface area contributed by atoms with Crippen molar-refractivity contribution in [2.24, 2.45) is 0 Å². The third kappa shape index (κ3) is 3.37. The number of methoxy groups -OCH3 is 1. The average molecular weight is 310 g/mol. The van der Waals surface area contributed by atoms with Gasteiger partial charge in [-0.3, -0.25) is 4.79 Å². The van der Waals surface area contributed by atoms with Crippen molar-refractivity contribution >= 4 is 11.6 Å². The lowest BCUT2D eigenvalue weighted by molar-refractivity contribution is 0.0928. The van der Waals surface area contributed by atoms with Gasteiger partial charge in [-0.05, 0) is 54.2 Å². The molecular weight excluding hydrogens is 288 g/mol. The number of benzene rings is 2. The van der Waals surface area contributed by atoms with E-state index in [9.17, 15) is 4.79 Å². The summed E-state index contributed by atoms with van der Waals surface area (Å²) in [7, 11) is 1.64. The molecule has 2 aromatic carbocycles. The van der Waals surface area contributed by atoms with Crippen LogP contribution < -0.4 is 11.1 Å². The first-order valence-electron chi connectivity index (χ1n) is 7.95. The minimum absolute atomic E-state index is 0.0439. The Bertz CT molecular complexity index is 712. The Morgan fingerprint density at radius 3 is 2.96 bits per heavy atom. The van der Waals surface area contributed by atoms with Gasteiger partial charge in [-0.25, -0.2) is 0 Å². The van der Waals surface area contributed by atoms with Gasteiger partial charge >= 0.3 is 0 Å². The van der Waals surface area contributed by atoms with Crippen molar-refractivity contribution in [3.63, 3.8) is 0 Å². The number of anilines is 1. The van der Waals surface area contributed by atoms with Gasteiger partial charge in [-0.2, -0.15) is 0 Å². The fraction of sp³-hybridized carbons (Fsp3) is 0.316. The molecule has 4 heteroatoms. The second-order valence-electron chi connectivity index (χ2n) is 5.97. The van der Waals surface area contributed by atoms with Crippen molar-refractivity contribution in [3.05, 3.63) is 64.7 Å². The smallest absolute Gasteiger partial charge is 0.252 e. The highest BCUT2D eigenvalue weighted by molar-refractivity contribution is 5.96. The summed E-state index contributed by atoms with van der Waals surface area (Å²) in [6.07, 6.45) is 3.03. The zero-order valence-corrected chi connectivity index (χ0v) is 13.3. The maximum absolute atomic E-state index is 12.7. The van der Waals surface area contributed by atoms with Gasteiger partial charge < -0.3 is 15.8 Å². The van der Waals surface area contributed by atoms with Crippen LogP contribution in [0.1, 0.15) is 45.9 Å². The van der Waals surface area contributed by atoms with Crippen LogP contribution in [0.5, 0.6) is 0 Å². The molecule has 1 aliphatic carbocycles. The van der Waals surface area contributed by atoms with E-state index in [4.69, 9.17) is 10.5 Å². The Balaban J connectivity index is 1.82. The Morgan fingerprint density at radius 2 is 2.13 bits per heavy atom. The van der Waals surface area contributed by atoms with Gasteiger partial charge in [0, 0.05) is 18.4 Å². The molecule has 1 unspecified atom stereocenters. The van der Waals surface area contributed by atoms with Gasteiger partial charge in [-0.1, -0.05) is 24.3 Å². The Labute approximate surface area is 136 Å². The van der Waals surface area contributed by atoms with E-state index in [1.807, 2.05) is 42.5 Å². The van der Waals surface area contributed by atoms with Gasteiger partial charge in [0.15, 0.2) is 0 Å². The Kier molecular flexibility index (Phi) is 4.63. The first-order valence-corrected chi connectivity index (χ1v) is 7.95. The molecular formula is C19H22N2O2. The van der Waals surface area contributed by atoms with Gasteiger partial charge in [-0.15, -0.1) is 0 Å². The molecule has 0 saturated heterocycles. The molecule has 3 rings (SSSR count). The van der Waals surface area contributed by atoms with Crippen LogP contribution in [0.15, 0.2) is 42.5 Å². The van der Waals surface area contributed by atoms with Crippen LogP contribution in [-0.2, 0) is 17.8 Å². The first kappa shape index (κ1) is 15.6. The highest BCUT2D eigenvalue weighted by atomic mass is 16.5. The fourth-order valence-electron chi connectivity index (χ4n) is 3.24. The number of hydrogen-bond acceptors (Lipinski definition) is 3. The topological polar surface area (TPSA) is 64.3 Å². The molecule has 23 heavy (non-hydrogen) atoms. The van der Waals surface area contributed by atoms with Crippen molar-refractivity contribution in [1.29, 1.82) is 0 Å². The van der Waals surface area contributed by atoms with E-state index in [2.05, 4.69) is 5.32 Å². The lowest BCUT2D eigenvalue weighted by Gasteiger charge is -2.27. The predicted octanol–water partition coefficient (Wildman–Crippen LogP) is 3.22. The Morgan fingerprint density at radius 1 is 1.30 bits per heavy atom. The minimum atomic E-state index is -0.0488. The van der Waals surface area contributed by atoms with E-state index in [1.54, 1.807) is 7.11 Å². The van der Waals surface area contributed by atoms with Crippen molar-refractivity contribution in [2.45, 2.75) is 31.9 Å². The van der Waals surface area contributed by atoms with Crippen molar-refractivity contribution in [2.75, 3.05) is 12.8 Å². The molecule has 2 aromatic rings. The number of carbonyl (C=O) groups is 1. The molecule has 0 aliphatic heterocycles. The summed E-state index contributed by atoms with van der Waals surface area (Å²) >= 11 is 0. The highest BCUT2D eigenvalue weighted by Gasteiger charge is 2.23. The Hall–Kier alpha value is -2.33. The summed E-state index contributed by atoms with van der Waals surface area (Å²) in [6, 6.07) is 13.6. The second kappa shape index (κ2) is 6.84. The molecule has 120 valence electrons. The monoisotopic (exact) mass is 310 g/mol. The van der Waals surface area contributed by atoms with Gasteiger partial charge in [0.05, 0.1) is 12.6 Å². The van der Waals surface area contributed by atoms with E-state index in [0.717, 1.165) is 30.5 Å². The van der Waals surface area contributed by atoms with Crippen molar-refractivity contribution < 1.29 is 9.53 Å². The fourth-order valence-corrected chi connectivity index (χ4v) is 3.24. The number of fused-ring (bicyclic) bond motifs is 1. The number of nitrogen functional groups attached to an aromatic ring is 1. The van der Waals surface area contributed by atoms with E-state index in [-0.39, 0.29) is 11.9 Å². The SMILES string of the molecule is COCc1ccccc1C(=O)NC1CCCc2cc(N)ccc21. The molecule has 0 heterocycles. The summed E-state index contributed by atoms with van der Waals surface area (Å²) < 4.78 is 5.18. The van der Waals surface area contributed by atoms with Gasteiger partial charge in [0.2, 0.25) is 0 Å². The number of amides is 1. The molecule has 0 bridgehead atoms. The molecule has 0 radical (unpaired) electrons. The van der Waals surface area contributed by atoms with Crippen LogP contribution in [0.4, 0.5) is 5.69 Å². The number of carbonyl (C=O) groups excluding carboxylic acids is 1. The van der Waals surface area contributed by atoms with E-state index in [1.165, 1.54) is 11.1 Å². The van der Waals surface area contributed by atoms with Crippen LogP contribution in [0.3, 0.4) is 0 Å². The van der Waals surface area contributed by atoms with E-state index >= 15 is 0 Å². The first-order chi connectivity index (χ1) is 11.2. The molecule has 0 saturated carbocycles. The van der Waals surface area contributed by atoms with Crippen LogP contribution in [0.25, 0.3) is 0 Å². The molecule has 1 atom stereocenters. The number of hydrogen-bond donors (Lipinski definition) is 2.